The van der Waals surface area contributed by atoms with Crippen LogP contribution in [-0.4, -0.2) is 30.4 Å². The van der Waals surface area contributed by atoms with Crippen molar-refractivity contribution in [2.75, 3.05) is 13.3 Å². The van der Waals surface area contributed by atoms with Crippen molar-refractivity contribution in [1.82, 2.24) is 10.2 Å². The van der Waals surface area contributed by atoms with Crippen LogP contribution in [0.3, 0.4) is 0 Å². The Morgan fingerprint density at radius 2 is 1.89 bits per heavy atom. The first kappa shape index (κ1) is 20.0. The predicted molar refractivity (Wildman–Crippen MR) is 107 cm³/mol. The molecule has 3 rings (SSSR count). The molecule has 6 heteroatoms. The molecule has 6 nitrogen and oxygen atoms in total. The molecule has 2 aromatic carbocycles. The summed E-state index contributed by atoms with van der Waals surface area (Å²) in [6.07, 6.45) is 0.167. The normalized spacial score (nSPS) is 12.3. The van der Waals surface area contributed by atoms with Gasteiger partial charge in [-0.25, -0.2) is 4.79 Å². The second-order valence-electron chi connectivity index (χ2n) is 6.99. The monoisotopic (exact) mass is 384 g/mol. The Morgan fingerprint density at radius 3 is 2.64 bits per heavy atom. The van der Waals surface area contributed by atoms with Gasteiger partial charge < -0.3 is 24.4 Å². The smallest absolute Gasteiger partial charge is 0.317 e. The Morgan fingerprint density at radius 1 is 1.14 bits per heavy atom. The number of ether oxygens (including phenoxy) is 3. The van der Waals surface area contributed by atoms with E-state index in [1.54, 1.807) is 4.90 Å². The highest BCUT2D eigenvalue weighted by Crippen LogP contribution is 2.32. The van der Waals surface area contributed by atoms with E-state index in [0.29, 0.717) is 26.2 Å². The molecule has 1 aliphatic rings. The number of rotatable bonds is 8. The molecule has 28 heavy (non-hydrogen) atoms. The summed E-state index contributed by atoms with van der Waals surface area (Å²) in [7, 11) is 0. The van der Waals surface area contributed by atoms with Crippen LogP contribution in [0.4, 0.5) is 4.79 Å². The molecule has 0 fully saturated rings. The van der Waals surface area contributed by atoms with Crippen molar-refractivity contribution in [2.24, 2.45) is 0 Å². The van der Waals surface area contributed by atoms with Gasteiger partial charge in [-0.15, -0.1) is 0 Å². The average molecular weight is 384 g/mol. The number of urea groups is 1. The van der Waals surface area contributed by atoms with E-state index in [-0.39, 0.29) is 18.9 Å². The lowest BCUT2D eigenvalue weighted by molar-refractivity contribution is 0.0652. The van der Waals surface area contributed by atoms with Gasteiger partial charge in [0.15, 0.2) is 11.5 Å². The van der Waals surface area contributed by atoms with Crippen LogP contribution >= 0.6 is 0 Å². The Hall–Kier alpha value is -2.73. The quantitative estimate of drug-likeness (QED) is 0.745. The standard InChI is InChI=1S/C22H28N2O4/c1-4-24(13-17-9-10-20-21(11-17)28-15-27-20)22(25)23-12-18-7-5-6-8-19(18)14-26-16(2)3/h5-11,16H,4,12-15H2,1-3H3,(H,23,25). The third-order valence-electron chi connectivity index (χ3n) is 4.60. The molecule has 1 N–H and O–H groups in total. The van der Waals surface area contributed by atoms with Gasteiger partial charge in [0.05, 0.1) is 12.7 Å². The maximum atomic E-state index is 12.7. The summed E-state index contributed by atoms with van der Waals surface area (Å²) in [5.41, 5.74) is 3.16. The topological polar surface area (TPSA) is 60.0 Å². The average Bonchev–Trinajstić information content (AvgIpc) is 3.17. The van der Waals surface area contributed by atoms with Gasteiger partial charge in [-0.1, -0.05) is 30.3 Å². The third-order valence-corrected chi connectivity index (χ3v) is 4.60. The number of fused-ring (bicyclic) bond motifs is 1. The largest absolute Gasteiger partial charge is 0.454 e. The minimum absolute atomic E-state index is 0.0975. The molecule has 0 spiro atoms. The van der Waals surface area contributed by atoms with Crippen LogP contribution in [-0.2, 0) is 24.4 Å². The fraction of sp³-hybridized carbons (Fsp3) is 0.409. The van der Waals surface area contributed by atoms with Crippen molar-refractivity contribution in [3.8, 4) is 11.5 Å². The van der Waals surface area contributed by atoms with Crippen molar-refractivity contribution in [3.63, 3.8) is 0 Å². The van der Waals surface area contributed by atoms with Gasteiger partial charge in [0.2, 0.25) is 6.79 Å². The zero-order valence-corrected chi connectivity index (χ0v) is 16.7. The van der Waals surface area contributed by atoms with Crippen LogP contribution in [0.15, 0.2) is 42.5 Å². The number of amides is 2. The van der Waals surface area contributed by atoms with Gasteiger partial charge in [0.25, 0.3) is 0 Å². The molecule has 0 atom stereocenters. The number of nitrogens with one attached hydrogen (secondary N) is 1. The Bertz CT molecular complexity index is 807. The lowest BCUT2D eigenvalue weighted by Gasteiger charge is -2.22. The molecule has 0 radical (unpaired) electrons. The predicted octanol–water partition coefficient (Wildman–Crippen LogP) is 4.07. The van der Waals surface area contributed by atoms with Crippen LogP contribution in [0.2, 0.25) is 0 Å². The molecule has 1 aliphatic heterocycles. The van der Waals surface area contributed by atoms with Gasteiger partial charge >= 0.3 is 6.03 Å². The number of hydrogen-bond acceptors (Lipinski definition) is 4. The first-order valence-electron chi connectivity index (χ1n) is 9.66. The summed E-state index contributed by atoms with van der Waals surface area (Å²) in [5, 5.41) is 3.03. The van der Waals surface area contributed by atoms with Crippen LogP contribution in [0, 0.1) is 0 Å². The maximum absolute atomic E-state index is 12.7. The van der Waals surface area contributed by atoms with Crippen molar-refractivity contribution in [1.29, 1.82) is 0 Å². The summed E-state index contributed by atoms with van der Waals surface area (Å²) in [4.78, 5) is 14.5. The van der Waals surface area contributed by atoms with Gasteiger partial charge in [-0.05, 0) is 49.6 Å². The second kappa shape index (κ2) is 9.46. The Balaban J connectivity index is 1.59. The fourth-order valence-corrected chi connectivity index (χ4v) is 3.00. The molecular weight excluding hydrogens is 356 g/mol. The molecule has 0 saturated carbocycles. The Kier molecular flexibility index (Phi) is 6.76. The Labute approximate surface area is 166 Å². The SMILES string of the molecule is CCN(Cc1ccc2c(c1)OCO2)C(=O)NCc1ccccc1COC(C)C. The maximum Gasteiger partial charge on any atom is 0.317 e. The molecule has 0 aliphatic carbocycles. The minimum atomic E-state index is -0.0975. The first-order chi connectivity index (χ1) is 13.6. The lowest BCUT2D eigenvalue weighted by Crippen LogP contribution is -2.39. The number of carbonyl (C=O) groups is 1. The van der Waals surface area contributed by atoms with E-state index in [1.807, 2.05) is 63.2 Å². The molecule has 1 heterocycles. The molecule has 2 amide bonds. The number of benzene rings is 2. The molecule has 0 bridgehead atoms. The van der Waals surface area contributed by atoms with Crippen LogP contribution in [0.1, 0.15) is 37.5 Å². The lowest BCUT2D eigenvalue weighted by atomic mass is 10.1. The molecule has 0 aromatic heterocycles. The van der Waals surface area contributed by atoms with E-state index in [4.69, 9.17) is 14.2 Å². The second-order valence-corrected chi connectivity index (χ2v) is 6.99. The highest BCUT2D eigenvalue weighted by atomic mass is 16.7. The molecule has 150 valence electrons. The minimum Gasteiger partial charge on any atom is -0.454 e. The van der Waals surface area contributed by atoms with E-state index in [1.165, 1.54) is 0 Å². The zero-order valence-electron chi connectivity index (χ0n) is 16.7. The summed E-state index contributed by atoms with van der Waals surface area (Å²) in [6.45, 7) is 8.37. The van der Waals surface area contributed by atoms with Gasteiger partial charge in [0, 0.05) is 19.6 Å². The van der Waals surface area contributed by atoms with Crippen LogP contribution < -0.4 is 14.8 Å². The molecule has 0 saturated heterocycles. The van der Waals surface area contributed by atoms with E-state index >= 15 is 0 Å². The highest BCUT2D eigenvalue weighted by molar-refractivity contribution is 5.74. The summed E-state index contributed by atoms with van der Waals surface area (Å²) >= 11 is 0. The molecule has 0 unspecified atom stereocenters. The number of nitrogens with zero attached hydrogens (tertiary/aromatic N) is 1. The van der Waals surface area contributed by atoms with E-state index in [9.17, 15) is 4.79 Å². The first-order valence-corrected chi connectivity index (χ1v) is 9.66. The molecule has 2 aromatic rings. The van der Waals surface area contributed by atoms with Crippen LogP contribution in [0.5, 0.6) is 11.5 Å². The van der Waals surface area contributed by atoms with E-state index in [0.717, 1.165) is 28.2 Å². The van der Waals surface area contributed by atoms with E-state index < -0.39 is 0 Å². The van der Waals surface area contributed by atoms with Crippen LogP contribution in [0.25, 0.3) is 0 Å². The van der Waals surface area contributed by atoms with Gasteiger partial charge in [-0.3, -0.25) is 0 Å². The van der Waals surface area contributed by atoms with Gasteiger partial charge in [-0.2, -0.15) is 0 Å². The van der Waals surface area contributed by atoms with Crippen molar-refractivity contribution in [2.45, 2.75) is 46.6 Å². The fourth-order valence-electron chi connectivity index (χ4n) is 3.00. The van der Waals surface area contributed by atoms with Gasteiger partial charge in [0.1, 0.15) is 0 Å². The summed E-state index contributed by atoms with van der Waals surface area (Å²) < 4.78 is 16.5. The van der Waals surface area contributed by atoms with E-state index in [2.05, 4.69) is 5.32 Å². The number of hydrogen-bond donors (Lipinski definition) is 1. The number of carbonyl (C=O) groups excluding carboxylic acids is 1. The zero-order chi connectivity index (χ0) is 19.9. The summed E-state index contributed by atoms with van der Waals surface area (Å²) in [5.74, 6) is 1.48. The van der Waals surface area contributed by atoms with Crippen molar-refractivity contribution < 1.29 is 19.0 Å². The highest BCUT2D eigenvalue weighted by Gasteiger charge is 2.17. The van der Waals surface area contributed by atoms with Crippen molar-refractivity contribution >= 4 is 6.03 Å². The van der Waals surface area contributed by atoms with Crippen molar-refractivity contribution in [3.05, 3.63) is 59.2 Å². The molecular formula is C22H28N2O4. The third kappa shape index (κ3) is 5.16. The summed E-state index contributed by atoms with van der Waals surface area (Å²) in [6, 6.07) is 13.7.